The van der Waals surface area contributed by atoms with E-state index in [-0.39, 0.29) is 5.91 Å². The molecular formula is C28H35N3O. The van der Waals surface area contributed by atoms with Crippen LogP contribution in [0, 0.1) is 5.41 Å². The first-order valence-electron chi connectivity index (χ1n) is 12.1. The zero-order chi connectivity index (χ0) is 22.3. The van der Waals surface area contributed by atoms with Crippen LogP contribution in [0.1, 0.15) is 73.0 Å². The van der Waals surface area contributed by atoms with Gasteiger partial charge in [0.15, 0.2) is 0 Å². The van der Waals surface area contributed by atoms with Crippen LogP contribution in [0.15, 0.2) is 55.1 Å². The molecule has 2 aromatic rings. The number of primary amides is 1. The van der Waals surface area contributed by atoms with Crippen LogP contribution in [0.2, 0.25) is 0 Å². The lowest BCUT2D eigenvalue weighted by Crippen LogP contribution is -2.55. The number of hydrogen-bond donors (Lipinski definition) is 1. The van der Waals surface area contributed by atoms with Crippen LogP contribution >= 0.6 is 0 Å². The number of rotatable bonds is 5. The molecule has 2 saturated heterocycles. The summed E-state index contributed by atoms with van der Waals surface area (Å²) in [6, 6.07) is 17.9. The van der Waals surface area contributed by atoms with Crippen molar-refractivity contribution in [3.8, 4) is 0 Å². The van der Waals surface area contributed by atoms with Gasteiger partial charge in [-0.05, 0) is 80.7 Å². The molecule has 168 valence electrons. The molecular weight excluding hydrogens is 394 g/mol. The van der Waals surface area contributed by atoms with E-state index in [1.54, 1.807) is 0 Å². The second-order valence-corrected chi connectivity index (χ2v) is 10.2. The highest BCUT2D eigenvalue weighted by Gasteiger charge is 2.50. The van der Waals surface area contributed by atoms with Gasteiger partial charge in [-0.3, -0.25) is 9.69 Å². The lowest BCUT2D eigenvalue weighted by Gasteiger charge is -2.56. The molecule has 1 spiro atoms. The third kappa shape index (κ3) is 3.75. The third-order valence-corrected chi connectivity index (χ3v) is 8.21. The summed E-state index contributed by atoms with van der Waals surface area (Å²) in [6.07, 6.45) is 7.57. The van der Waals surface area contributed by atoms with Crippen LogP contribution in [0.4, 0.5) is 5.69 Å². The number of carbonyl (C=O) groups is 1. The van der Waals surface area contributed by atoms with Gasteiger partial charge in [-0.2, -0.15) is 0 Å². The quantitative estimate of drug-likeness (QED) is 0.692. The van der Waals surface area contributed by atoms with E-state index < -0.39 is 0 Å². The number of benzene rings is 2. The van der Waals surface area contributed by atoms with Crippen LogP contribution in [0.5, 0.6) is 0 Å². The zero-order valence-corrected chi connectivity index (χ0v) is 19.2. The van der Waals surface area contributed by atoms with Crippen LogP contribution in [0.25, 0.3) is 5.57 Å². The summed E-state index contributed by atoms with van der Waals surface area (Å²) in [5.74, 6) is -0.334. The van der Waals surface area contributed by atoms with E-state index in [9.17, 15) is 4.79 Å². The highest BCUT2D eigenvalue weighted by Crippen LogP contribution is 2.54. The van der Waals surface area contributed by atoms with Crippen LogP contribution in [-0.4, -0.2) is 36.5 Å². The van der Waals surface area contributed by atoms with Crippen LogP contribution < -0.4 is 10.6 Å². The largest absolute Gasteiger partial charge is 0.371 e. The Morgan fingerprint density at radius 2 is 1.66 bits per heavy atom. The number of hydrogen-bond acceptors (Lipinski definition) is 3. The van der Waals surface area contributed by atoms with Gasteiger partial charge >= 0.3 is 0 Å². The average molecular weight is 430 g/mol. The predicted molar refractivity (Wildman–Crippen MR) is 132 cm³/mol. The van der Waals surface area contributed by atoms with E-state index in [1.165, 1.54) is 61.8 Å². The maximum atomic E-state index is 11.8. The fourth-order valence-electron chi connectivity index (χ4n) is 6.50. The minimum absolute atomic E-state index is 0.334. The van der Waals surface area contributed by atoms with Crippen LogP contribution in [-0.2, 0) is 0 Å². The third-order valence-electron chi connectivity index (χ3n) is 8.21. The van der Waals surface area contributed by atoms with Crippen molar-refractivity contribution < 1.29 is 4.79 Å². The standard InChI is InChI=1S/C28H35N3O/c1-20(2)22-8-3-4-9-23(22)26-12-7-15-31(26)21-18-28(19-21)13-16-30(17-14-28)25-11-6-5-10-24(25)27(29)32/h3-6,8-11,21,26H,1,7,12-19H2,2H3,(H2,29,32). The Morgan fingerprint density at radius 3 is 2.34 bits per heavy atom. The number of carbonyl (C=O) groups excluding carboxylic acids is 1. The van der Waals surface area contributed by atoms with Gasteiger partial charge in [-0.1, -0.05) is 48.6 Å². The summed E-state index contributed by atoms with van der Waals surface area (Å²) in [4.78, 5) is 17.0. The van der Waals surface area contributed by atoms with Crippen molar-refractivity contribution in [1.29, 1.82) is 0 Å². The molecule has 1 amide bonds. The lowest BCUT2D eigenvalue weighted by molar-refractivity contribution is -0.0226. The molecule has 4 heteroatoms. The fourth-order valence-corrected chi connectivity index (χ4v) is 6.50. The molecule has 0 bridgehead atoms. The predicted octanol–water partition coefficient (Wildman–Crippen LogP) is 5.40. The Kier molecular flexibility index (Phi) is 5.58. The summed E-state index contributed by atoms with van der Waals surface area (Å²) < 4.78 is 0. The van der Waals surface area contributed by atoms with Crippen molar-refractivity contribution in [3.05, 3.63) is 71.8 Å². The maximum Gasteiger partial charge on any atom is 0.250 e. The number of anilines is 1. The Hall–Kier alpha value is -2.59. The summed E-state index contributed by atoms with van der Waals surface area (Å²) >= 11 is 0. The van der Waals surface area contributed by atoms with E-state index in [1.807, 2.05) is 24.3 Å². The molecule has 1 aliphatic carbocycles. The second kappa shape index (κ2) is 8.40. The molecule has 1 unspecified atom stereocenters. The first-order valence-corrected chi connectivity index (χ1v) is 12.1. The van der Waals surface area contributed by atoms with Crippen molar-refractivity contribution in [2.24, 2.45) is 11.1 Å². The minimum Gasteiger partial charge on any atom is -0.371 e. The number of para-hydroxylation sites is 1. The topological polar surface area (TPSA) is 49.6 Å². The molecule has 1 atom stereocenters. The van der Waals surface area contributed by atoms with E-state index in [0.29, 0.717) is 23.1 Å². The molecule has 0 aromatic heterocycles. The number of amides is 1. The van der Waals surface area contributed by atoms with Crippen LogP contribution in [0.3, 0.4) is 0 Å². The average Bonchev–Trinajstić information content (AvgIpc) is 3.27. The van der Waals surface area contributed by atoms with Crippen molar-refractivity contribution in [2.45, 2.75) is 57.5 Å². The zero-order valence-electron chi connectivity index (χ0n) is 19.2. The van der Waals surface area contributed by atoms with Crippen molar-refractivity contribution in [2.75, 3.05) is 24.5 Å². The van der Waals surface area contributed by atoms with E-state index >= 15 is 0 Å². The van der Waals surface area contributed by atoms with E-state index in [0.717, 1.165) is 18.8 Å². The van der Waals surface area contributed by atoms with E-state index in [2.05, 4.69) is 47.6 Å². The molecule has 1 saturated carbocycles. The monoisotopic (exact) mass is 429 g/mol. The van der Waals surface area contributed by atoms with Gasteiger partial charge in [0.25, 0.3) is 5.91 Å². The number of allylic oxidation sites excluding steroid dienone is 1. The SMILES string of the molecule is C=C(C)c1ccccc1C1CCCN1C1CC2(CCN(c3ccccc3C(N)=O)CC2)C1. The maximum absolute atomic E-state index is 11.8. The normalized spacial score (nSPS) is 23.3. The highest BCUT2D eigenvalue weighted by molar-refractivity contribution is 5.98. The summed E-state index contributed by atoms with van der Waals surface area (Å²) in [5, 5.41) is 0. The summed E-state index contributed by atoms with van der Waals surface area (Å²) in [6.45, 7) is 9.59. The second-order valence-electron chi connectivity index (χ2n) is 10.2. The molecule has 2 N–H and O–H groups in total. The molecule has 3 fully saturated rings. The number of nitrogens with zero attached hydrogens (tertiary/aromatic N) is 2. The molecule has 2 aliphatic heterocycles. The molecule has 3 aliphatic rings. The molecule has 0 radical (unpaired) electrons. The van der Waals surface area contributed by atoms with Gasteiger partial charge in [-0.15, -0.1) is 0 Å². The van der Waals surface area contributed by atoms with Gasteiger partial charge in [-0.25, -0.2) is 0 Å². The molecule has 32 heavy (non-hydrogen) atoms. The highest BCUT2D eigenvalue weighted by atomic mass is 16.1. The summed E-state index contributed by atoms with van der Waals surface area (Å²) in [5.41, 5.74) is 11.7. The smallest absolute Gasteiger partial charge is 0.250 e. The van der Waals surface area contributed by atoms with Gasteiger partial charge in [0.2, 0.25) is 0 Å². The van der Waals surface area contributed by atoms with Gasteiger partial charge in [0.1, 0.15) is 0 Å². The number of nitrogens with two attached hydrogens (primary N) is 1. The molecule has 5 rings (SSSR count). The Bertz CT molecular complexity index is 1010. The first kappa shape index (κ1) is 21.3. The lowest BCUT2D eigenvalue weighted by atomic mass is 9.59. The fraction of sp³-hybridized carbons (Fsp3) is 0.464. The molecule has 4 nitrogen and oxygen atoms in total. The van der Waals surface area contributed by atoms with Crippen molar-refractivity contribution in [3.63, 3.8) is 0 Å². The van der Waals surface area contributed by atoms with Crippen molar-refractivity contribution in [1.82, 2.24) is 4.90 Å². The molecule has 2 aromatic carbocycles. The minimum atomic E-state index is -0.334. The first-order chi connectivity index (χ1) is 15.5. The Labute approximate surface area is 192 Å². The number of piperidine rings is 1. The molecule has 2 heterocycles. The Morgan fingerprint density at radius 1 is 1.00 bits per heavy atom. The number of likely N-dealkylation sites (tertiary alicyclic amines) is 1. The van der Waals surface area contributed by atoms with Gasteiger partial charge in [0.05, 0.1) is 5.56 Å². The van der Waals surface area contributed by atoms with Gasteiger partial charge in [0, 0.05) is 30.9 Å². The summed E-state index contributed by atoms with van der Waals surface area (Å²) in [7, 11) is 0. The Balaban J connectivity index is 1.24. The van der Waals surface area contributed by atoms with E-state index in [4.69, 9.17) is 5.73 Å². The van der Waals surface area contributed by atoms with Gasteiger partial charge < -0.3 is 10.6 Å². The van der Waals surface area contributed by atoms with Crippen molar-refractivity contribution >= 4 is 17.2 Å².